The molecular formula is C29H34ClN3O2. The molecule has 1 aliphatic heterocycles. The molecule has 1 fully saturated rings. The van der Waals surface area contributed by atoms with Crippen molar-refractivity contribution < 1.29 is 9.59 Å². The molecule has 2 heterocycles. The lowest BCUT2D eigenvalue weighted by Crippen LogP contribution is -2.55. The smallest absolute Gasteiger partial charge is 0.273 e. The highest BCUT2D eigenvalue weighted by Gasteiger charge is 2.42. The van der Waals surface area contributed by atoms with E-state index in [1.807, 2.05) is 42.2 Å². The van der Waals surface area contributed by atoms with Gasteiger partial charge in [0.05, 0.1) is 17.0 Å². The molecule has 184 valence electrons. The van der Waals surface area contributed by atoms with Crippen LogP contribution in [0.25, 0.3) is 0 Å². The van der Waals surface area contributed by atoms with Crippen molar-refractivity contribution in [2.45, 2.75) is 58.4 Å². The third-order valence-corrected chi connectivity index (χ3v) is 7.19. The van der Waals surface area contributed by atoms with Gasteiger partial charge in [0.2, 0.25) is 5.91 Å². The minimum absolute atomic E-state index is 0.0139. The number of carbonyl (C=O) groups is 2. The molecule has 1 unspecified atom stereocenters. The highest BCUT2D eigenvalue weighted by Crippen LogP contribution is 2.35. The van der Waals surface area contributed by atoms with Crippen molar-refractivity contribution in [3.8, 4) is 0 Å². The third-order valence-electron chi connectivity index (χ3n) is 6.98. The summed E-state index contributed by atoms with van der Waals surface area (Å²) >= 11 is 6.08. The van der Waals surface area contributed by atoms with Gasteiger partial charge in [0, 0.05) is 24.3 Å². The summed E-state index contributed by atoms with van der Waals surface area (Å²) in [4.78, 5) is 33.6. The normalized spacial score (nSPS) is 22.2. The van der Waals surface area contributed by atoms with Crippen molar-refractivity contribution in [1.82, 2.24) is 9.88 Å². The third kappa shape index (κ3) is 5.67. The summed E-state index contributed by atoms with van der Waals surface area (Å²) in [6.07, 6.45) is 12.1. The van der Waals surface area contributed by atoms with Gasteiger partial charge in [0.25, 0.3) is 5.91 Å². The van der Waals surface area contributed by atoms with Gasteiger partial charge in [0.1, 0.15) is 5.69 Å². The fourth-order valence-electron chi connectivity index (χ4n) is 5.12. The maximum absolute atomic E-state index is 13.7. The Morgan fingerprint density at radius 1 is 1.17 bits per heavy atom. The fraction of sp³-hybridized carbons (Fsp3) is 0.414. The number of aromatic nitrogens is 1. The van der Waals surface area contributed by atoms with E-state index in [0.717, 1.165) is 36.1 Å². The Morgan fingerprint density at radius 3 is 2.66 bits per heavy atom. The fourth-order valence-corrected chi connectivity index (χ4v) is 5.34. The molecule has 4 rings (SSSR count). The van der Waals surface area contributed by atoms with Gasteiger partial charge in [-0.15, -0.1) is 0 Å². The number of hydrogen-bond acceptors (Lipinski definition) is 3. The number of nitrogens with one attached hydrogen (secondary N) is 1. The van der Waals surface area contributed by atoms with E-state index in [2.05, 4.69) is 49.3 Å². The van der Waals surface area contributed by atoms with E-state index in [1.54, 1.807) is 6.07 Å². The second kappa shape index (κ2) is 10.4. The quantitative estimate of drug-likeness (QED) is 0.543. The van der Waals surface area contributed by atoms with E-state index in [1.165, 1.54) is 6.20 Å². The first-order valence-corrected chi connectivity index (χ1v) is 12.7. The summed E-state index contributed by atoms with van der Waals surface area (Å²) in [5.74, 6) is -0.435. The van der Waals surface area contributed by atoms with Crippen molar-refractivity contribution >= 4 is 29.1 Å². The number of nitrogens with zero attached hydrogens (tertiary/aromatic N) is 2. The second-order valence-corrected chi connectivity index (χ2v) is 11.0. The minimum Gasteiger partial charge on any atom is -0.333 e. The van der Waals surface area contributed by atoms with Gasteiger partial charge in [-0.2, -0.15) is 0 Å². The first-order chi connectivity index (χ1) is 16.6. The average Bonchev–Trinajstić information content (AvgIpc) is 2.83. The topological polar surface area (TPSA) is 62.3 Å². The molecule has 2 aliphatic rings. The van der Waals surface area contributed by atoms with Gasteiger partial charge in [-0.3, -0.25) is 9.59 Å². The molecule has 1 aromatic carbocycles. The van der Waals surface area contributed by atoms with E-state index < -0.39 is 0 Å². The second-order valence-electron chi connectivity index (χ2n) is 10.6. The molecule has 0 spiro atoms. The predicted molar refractivity (Wildman–Crippen MR) is 142 cm³/mol. The number of hydrogen-bond donors (Lipinski definition) is 1. The van der Waals surface area contributed by atoms with Gasteiger partial charge in [-0.1, -0.05) is 68.8 Å². The van der Waals surface area contributed by atoms with Crippen LogP contribution in [0.3, 0.4) is 0 Å². The van der Waals surface area contributed by atoms with Crippen molar-refractivity contribution in [3.05, 3.63) is 82.7 Å². The Morgan fingerprint density at radius 2 is 1.97 bits per heavy atom. The summed E-state index contributed by atoms with van der Waals surface area (Å²) in [6.45, 7) is 8.92. The summed E-state index contributed by atoms with van der Waals surface area (Å²) in [6, 6.07) is 9.55. The van der Waals surface area contributed by atoms with E-state index in [-0.39, 0.29) is 35.1 Å². The van der Waals surface area contributed by atoms with E-state index in [4.69, 9.17) is 11.6 Å². The number of aryl methyl sites for hydroxylation is 1. The van der Waals surface area contributed by atoms with Crippen LogP contribution in [0.15, 0.2) is 60.8 Å². The van der Waals surface area contributed by atoms with Gasteiger partial charge in [-0.25, -0.2) is 4.98 Å². The van der Waals surface area contributed by atoms with E-state index in [0.29, 0.717) is 17.3 Å². The first kappa shape index (κ1) is 25.2. The van der Waals surface area contributed by atoms with Crippen LogP contribution < -0.4 is 5.32 Å². The molecule has 1 N–H and O–H groups in total. The summed E-state index contributed by atoms with van der Waals surface area (Å²) in [7, 11) is 0. The molecule has 5 nitrogen and oxygen atoms in total. The predicted octanol–water partition coefficient (Wildman–Crippen LogP) is 6.33. The SMILES string of the molecule is Cc1cc(Cl)cnc1C(=O)N1CCC[C@H](C(=O)Nc2cccc(C(C)(C)C)c2)[C@@H]1C1C=CC=CC1. The number of pyridine rings is 1. The molecule has 2 aromatic rings. The van der Waals surface area contributed by atoms with Crippen LogP contribution in [-0.2, 0) is 10.2 Å². The zero-order valence-electron chi connectivity index (χ0n) is 20.9. The molecule has 1 saturated heterocycles. The van der Waals surface area contributed by atoms with Crippen LogP contribution in [0.2, 0.25) is 5.02 Å². The summed E-state index contributed by atoms with van der Waals surface area (Å²) in [5.41, 5.74) is 3.08. The van der Waals surface area contributed by atoms with Gasteiger partial charge in [-0.05, 0) is 60.9 Å². The van der Waals surface area contributed by atoms with Crippen LogP contribution in [0.5, 0.6) is 0 Å². The van der Waals surface area contributed by atoms with E-state index >= 15 is 0 Å². The highest BCUT2D eigenvalue weighted by atomic mass is 35.5. The van der Waals surface area contributed by atoms with Crippen LogP contribution >= 0.6 is 11.6 Å². The molecule has 0 saturated carbocycles. The van der Waals surface area contributed by atoms with Crippen molar-refractivity contribution in [2.75, 3.05) is 11.9 Å². The lowest BCUT2D eigenvalue weighted by molar-refractivity contribution is -0.123. The van der Waals surface area contributed by atoms with Gasteiger partial charge >= 0.3 is 0 Å². The molecule has 3 atom stereocenters. The first-order valence-electron chi connectivity index (χ1n) is 12.3. The lowest BCUT2D eigenvalue weighted by Gasteiger charge is -2.44. The number of rotatable bonds is 4. The number of halogens is 1. The molecule has 2 amide bonds. The zero-order chi connectivity index (χ0) is 25.2. The monoisotopic (exact) mass is 491 g/mol. The summed E-state index contributed by atoms with van der Waals surface area (Å²) in [5, 5.41) is 3.66. The van der Waals surface area contributed by atoms with Gasteiger partial charge in [0.15, 0.2) is 0 Å². The lowest BCUT2D eigenvalue weighted by atomic mass is 9.77. The number of anilines is 1. The van der Waals surface area contributed by atoms with Crippen molar-refractivity contribution in [1.29, 1.82) is 0 Å². The largest absolute Gasteiger partial charge is 0.333 e. The maximum atomic E-state index is 13.7. The van der Waals surface area contributed by atoms with Crippen LogP contribution in [0, 0.1) is 18.8 Å². The van der Waals surface area contributed by atoms with Crippen LogP contribution in [0.1, 0.15) is 61.6 Å². The molecular weight excluding hydrogens is 458 g/mol. The molecule has 1 aliphatic carbocycles. The van der Waals surface area contributed by atoms with E-state index in [9.17, 15) is 9.59 Å². The zero-order valence-corrected chi connectivity index (χ0v) is 21.7. The van der Waals surface area contributed by atoms with Crippen LogP contribution in [0.4, 0.5) is 5.69 Å². The number of piperidine rings is 1. The number of benzene rings is 1. The number of allylic oxidation sites excluding steroid dienone is 3. The molecule has 1 aromatic heterocycles. The number of carbonyl (C=O) groups excluding carboxylic acids is 2. The molecule has 0 bridgehead atoms. The van der Waals surface area contributed by atoms with Crippen molar-refractivity contribution in [3.63, 3.8) is 0 Å². The Bertz CT molecular complexity index is 1160. The van der Waals surface area contributed by atoms with Crippen LogP contribution in [-0.4, -0.2) is 34.3 Å². The average molecular weight is 492 g/mol. The number of likely N-dealkylation sites (tertiary alicyclic amines) is 1. The maximum Gasteiger partial charge on any atom is 0.273 e. The molecule has 6 heteroatoms. The summed E-state index contributed by atoms with van der Waals surface area (Å²) < 4.78 is 0. The standard InChI is InChI=1S/C29H34ClN3O2/c1-19-16-22(30)18-31-25(19)28(35)33-15-9-14-24(26(33)20-10-6-5-7-11-20)27(34)32-23-13-8-12-21(17-23)29(2,3)4/h5-8,10,12-13,16-18,20,24,26H,9,11,14-15H2,1-4H3,(H,32,34)/t20?,24-,26-/m0/s1. The molecule has 0 radical (unpaired) electrons. The Hall–Kier alpha value is -2.92. The number of amides is 2. The Kier molecular flexibility index (Phi) is 7.46. The highest BCUT2D eigenvalue weighted by molar-refractivity contribution is 6.30. The molecule has 35 heavy (non-hydrogen) atoms. The minimum atomic E-state index is -0.320. The van der Waals surface area contributed by atoms with Gasteiger partial charge < -0.3 is 10.2 Å². The van der Waals surface area contributed by atoms with Crippen molar-refractivity contribution in [2.24, 2.45) is 11.8 Å². The Balaban J connectivity index is 1.64. The Labute approximate surface area is 213 Å².